The highest BCUT2D eigenvalue weighted by Gasteiger charge is 2.20. The highest BCUT2D eigenvalue weighted by atomic mass is 16.5. The fraction of sp³-hybridized carbons (Fsp3) is 0.500. The van der Waals surface area contributed by atoms with Crippen LogP contribution in [0.5, 0.6) is 0 Å². The van der Waals surface area contributed by atoms with Gasteiger partial charge in [-0.15, -0.1) is 0 Å². The summed E-state index contributed by atoms with van der Waals surface area (Å²) in [5.41, 5.74) is 3.70. The van der Waals surface area contributed by atoms with Gasteiger partial charge in [-0.05, 0) is 18.9 Å². The molecule has 0 bridgehead atoms. The standard InChI is InChI=1S/C20H29N5O/c1-4-18-13-19(26-23-18)14-22-20(21-3)25-10-8-24(9-11-25)15-17-7-5-6-16(2)12-17/h5-7,12-13H,4,8-11,14-15H2,1-3H3,(H,21,22). The minimum absolute atomic E-state index is 0.614. The number of aryl methyl sites for hydroxylation is 2. The van der Waals surface area contributed by atoms with E-state index in [1.165, 1.54) is 11.1 Å². The van der Waals surface area contributed by atoms with E-state index in [2.05, 4.69) is 63.4 Å². The maximum atomic E-state index is 5.34. The molecule has 1 N–H and O–H groups in total. The van der Waals surface area contributed by atoms with E-state index in [9.17, 15) is 0 Å². The molecule has 1 aromatic carbocycles. The van der Waals surface area contributed by atoms with E-state index < -0.39 is 0 Å². The van der Waals surface area contributed by atoms with Crippen molar-refractivity contribution in [1.29, 1.82) is 0 Å². The lowest BCUT2D eigenvalue weighted by Crippen LogP contribution is -2.52. The van der Waals surface area contributed by atoms with Gasteiger partial charge in [-0.3, -0.25) is 9.89 Å². The molecule has 1 fully saturated rings. The molecule has 1 aliphatic heterocycles. The lowest BCUT2D eigenvalue weighted by atomic mass is 10.1. The summed E-state index contributed by atoms with van der Waals surface area (Å²) in [6, 6.07) is 10.8. The summed E-state index contributed by atoms with van der Waals surface area (Å²) in [5.74, 6) is 1.77. The Hall–Kier alpha value is -2.34. The molecule has 6 nitrogen and oxygen atoms in total. The topological polar surface area (TPSA) is 56.9 Å². The second kappa shape index (κ2) is 8.85. The molecule has 1 aromatic heterocycles. The predicted molar refractivity (Wildman–Crippen MR) is 104 cm³/mol. The van der Waals surface area contributed by atoms with Crippen LogP contribution in [0.15, 0.2) is 39.8 Å². The number of hydrogen-bond donors (Lipinski definition) is 1. The Morgan fingerprint density at radius 1 is 1.23 bits per heavy atom. The smallest absolute Gasteiger partial charge is 0.194 e. The Kier molecular flexibility index (Phi) is 6.28. The van der Waals surface area contributed by atoms with Crippen LogP contribution in [0.1, 0.15) is 29.5 Å². The van der Waals surface area contributed by atoms with Gasteiger partial charge in [0.1, 0.15) is 0 Å². The number of nitrogens with one attached hydrogen (secondary N) is 1. The number of hydrogen-bond acceptors (Lipinski definition) is 4. The van der Waals surface area contributed by atoms with Gasteiger partial charge in [0, 0.05) is 45.8 Å². The molecule has 0 amide bonds. The van der Waals surface area contributed by atoms with Crippen LogP contribution in [0.2, 0.25) is 0 Å². The number of aromatic nitrogens is 1. The molecular weight excluding hydrogens is 326 g/mol. The molecule has 2 aromatic rings. The van der Waals surface area contributed by atoms with E-state index in [0.717, 1.165) is 56.6 Å². The summed E-state index contributed by atoms with van der Waals surface area (Å²) < 4.78 is 5.34. The number of benzene rings is 1. The van der Waals surface area contributed by atoms with Crippen molar-refractivity contribution in [1.82, 2.24) is 20.3 Å². The zero-order valence-corrected chi connectivity index (χ0v) is 16.0. The van der Waals surface area contributed by atoms with Crippen molar-refractivity contribution in [2.75, 3.05) is 33.2 Å². The molecule has 1 aliphatic rings. The Labute approximate surface area is 155 Å². The van der Waals surface area contributed by atoms with Gasteiger partial charge in [0.25, 0.3) is 0 Å². The molecule has 2 heterocycles. The number of piperazine rings is 1. The van der Waals surface area contributed by atoms with Crippen LogP contribution in [0.25, 0.3) is 0 Å². The molecule has 0 atom stereocenters. The zero-order chi connectivity index (χ0) is 18.4. The molecule has 0 radical (unpaired) electrons. The molecular formula is C20H29N5O. The van der Waals surface area contributed by atoms with Crippen molar-refractivity contribution < 1.29 is 4.52 Å². The highest BCUT2D eigenvalue weighted by molar-refractivity contribution is 5.79. The van der Waals surface area contributed by atoms with Crippen LogP contribution in [-0.4, -0.2) is 54.1 Å². The minimum atomic E-state index is 0.614. The normalized spacial score (nSPS) is 16.1. The molecule has 0 aliphatic carbocycles. The van der Waals surface area contributed by atoms with E-state index in [4.69, 9.17) is 4.52 Å². The highest BCUT2D eigenvalue weighted by Crippen LogP contribution is 2.11. The van der Waals surface area contributed by atoms with Crippen LogP contribution in [-0.2, 0) is 19.5 Å². The van der Waals surface area contributed by atoms with Gasteiger partial charge < -0.3 is 14.7 Å². The van der Waals surface area contributed by atoms with Crippen LogP contribution >= 0.6 is 0 Å². The van der Waals surface area contributed by atoms with Gasteiger partial charge in [-0.2, -0.15) is 0 Å². The summed E-state index contributed by atoms with van der Waals surface area (Å²) in [6.07, 6.45) is 0.890. The number of nitrogens with zero attached hydrogens (tertiary/aromatic N) is 4. The first-order valence-corrected chi connectivity index (χ1v) is 9.36. The molecule has 6 heteroatoms. The van der Waals surface area contributed by atoms with Crippen LogP contribution in [0.4, 0.5) is 0 Å². The van der Waals surface area contributed by atoms with Crippen LogP contribution < -0.4 is 5.32 Å². The third-order valence-electron chi connectivity index (χ3n) is 4.76. The van der Waals surface area contributed by atoms with Crippen molar-refractivity contribution in [2.45, 2.75) is 33.4 Å². The predicted octanol–water partition coefficient (Wildman–Crippen LogP) is 2.44. The van der Waals surface area contributed by atoms with E-state index >= 15 is 0 Å². The summed E-state index contributed by atoms with van der Waals surface area (Å²) in [4.78, 5) is 9.24. The average molecular weight is 355 g/mol. The quantitative estimate of drug-likeness (QED) is 0.659. The largest absolute Gasteiger partial charge is 0.359 e. The summed E-state index contributed by atoms with van der Waals surface area (Å²) >= 11 is 0. The fourth-order valence-corrected chi connectivity index (χ4v) is 3.29. The molecule has 140 valence electrons. The van der Waals surface area contributed by atoms with Gasteiger partial charge in [-0.1, -0.05) is 41.9 Å². The van der Waals surface area contributed by atoms with Crippen LogP contribution in [0, 0.1) is 6.92 Å². The monoisotopic (exact) mass is 355 g/mol. The lowest BCUT2D eigenvalue weighted by Gasteiger charge is -2.36. The third kappa shape index (κ3) is 4.85. The first-order valence-electron chi connectivity index (χ1n) is 9.36. The Morgan fingerprint density at radius 2 is 2.04 bits per heavy atom. The lowest BCUT2D eigenvalue weighted by molar-refractivity contribution is 0.172. The molecule has 0 saturated carbocycles. The summed E-state index contributed by atoms with van der Waals surface area (Å²) in [6.45, 7) is 9.87. The fourth-order valence-electron chi connectivity index (χ4n) is 3.29. The molecule has 0 spiro atoms. The second-order valence-corrected chi connectivity index (χ2v) is 6.79. The third-order valence-corrected chi connectivity index (χ3v) is 4.76. The number of rotatable bonds is 5. The SMILES string of the molecule is CCc1cc(CNC(=NC)N2CCN(Cc3cccc(C)c3)CC2)on1. The Morgan fingerprint density at radius 3 is 2.69 bits per heavy atom. The van der Waals surface area contributed by atoms with Gasteiger partial charge >= 0.3 is 0 Å². The van der Waals surface area contributed by atoms with E-state index in [-0.39, 0.29) is 0 Å². The van der Waals surface area contributed by atoms with Crippen molar-refractivity contribution in [2.24, 2.45) is 4.99 Å². The first-order chi connectivity index (χ1) is 12.7. The maximum Gasteiger partial charge on any atom is 0.194 e. The van der Waals surface area contributed by atoms with Crippen molar-refractivity contribution in [3.63, 3.8) is 0 Å². The second-order valence-electron chi connectivity index (χ2n) is 6.79. The molecule has 1 saturated heterocycles. The number of guanidine groups is 1. The van der Waals surface area contributed by atoms with E-state index in [1.807, 2.05) is 13.1 Å². The molecule has 3 rings (SSSR count). The van der Waals surface area contributed by atoms with Crippen molar-refractivity contribution in [3.05, 3.63) is 52.9 Å². The van der Waals surface area contributed by atoms with Gasteiger partial charge in [0.15, 0.2) is 11.7 Å². The Bertz CT molecular complexity index is 731. The van der Waals surface area contributed by atoms with E-state index in [0.29, 0.717) is 6.54 Å². The van der Waals surface area contributed by atoms with Crippen molar-refractivity contribution in [3.8, 4) is 0 Å². The van der Waals surface area contributed by atoms with Crippen LogP contribution in [0.3, 0.4) is 0 Å². The Balaban J connectivity index is 1.47. The van der Waals surface area contributed by atoms with Gasteiger partial charge in [-0.25, -0.2) is 0 Å². The number of aliphatic imine (C=N–C) groups is 1. The van der Waals surface area contributed by atoms with Crippen molar-refractivity contribution >= 4 is 5.96 Å². The molecule has 0 unspecified atom stereocenters. The average Bonchev–Trinajstić information content (AvgIpc) is 3.12. The zero-order valence-electron chi connectivity index (χ0n) is 16.0. The van der Waals surface area contributed by atoms with E-state index in [1.54, 1.807) is 0 Å². The summed E-state index contributed by atoms with van der Waals surface area (Å²) in [5, 5.41) is 7.42. The molecule has 26 heavy (non-hydrogen) atoms. The van der Waals surface area contributed by atoms with Gasteiger partial charge in [0.05, 0.1) is 12.2 Å². The maximum absolute atomic E-state index is 5.34. The van der Waals surface area contributed by atoms with Gasteiger partial charge in [0.2, 0.25) is 0 Å². The minimum Gasteiger partial charge on any atom is -0.359 e. The first kappa shape index (κ1) is 18.5. The summed E-state index contributed by atoms with van der Waals surface area (Å²) in [7, 11) is 1.83.